The molecule has 0 saturated heterocycles. The van der Waals surface area contributed by atoms with E-state index in [1.165, 1.54) is 45.4 Å². The first kappa shape index (κ1) is 23.7. The zero-order chi connectivity index (χ0) is 19.1. The molecule has 1 atom stereocenters. The maximum atomic E-state index is 12.5. The Bertz CT molecular complexity index is 397. The van der Waals surface area contributed by atoms with E-state index < -0.39 is 29.9 Å². The van der Waals surface area contributed by atoms with E-state index in [9.17, 15) is 23.2 Å². The summed E-state index contributed by atoms with van der Waals surface area (Å²) in [5, 5.41) is 0. The predicted molar refractivity (Wildman–Crippen MR) is 92.6 cm³/mol. The second-order valence-corrected chi connectivity index (χ2v) is 6.31. The summed E-state index contributed by atoms with van der Waals surface area (Å²) in [6.45, 7) is 3.67. The van der Waals surface area contributed by atoms with E-state index in [2.05, 4.69) is 6.92 Å². The Balaban J connectivity index is 3.86. The molecule has 0 amide bonds. The van der Waals surface area contributed by atoms with Crippen LogP contribution in [0.1, 0.15) is 84.5 Å². The van der Waals surface area contributed by atoms with Gasteiger partial charge in [0.2, 0.25) is 5.78 Å². The zero-order valence-electron chi connectivity index (χ0n) is 15.5. The lowest BCUT2D eigenvalue weighted by atomic mass is 9.97. The van der Waals surface area contributed by atoms with Gasteiger partial charge in [0.05, 0.1) is 6.61 Å². The number of hydrogen-bond donors (Lipinski definition) is 0. The van der Waals surface area contributed by atoms with Gasteiger partial charge in [-0.15, -0.1) is 0 Å². The van der Waals surface area contributed by atoms with Crippen molar-refractivity contribution in [2.45, 2.75) is 90.9 Å². The highest BCUT2D eigenvalue weighted by molar-refractivity contribution is 6.18. The average Bonchev–Trinajstić information content (AvgIpc) is 2.59. The molecule has 0 aromatic heterocycles. The van der Waals surface area contributed by atoms with Crippen molar-refractivity contribution >= 4 is 17.5 Å². The van der Waals surface area contributed by atoms with Crippen molar-refractivity contribution in [3.8, 4) is 0 Å². The van der Waals surface area contributed by atoms with Gasteiger partial charge in [-0.25, -0.2) is 8.78 Å². The summed E-state index contributed by atoms with van der Waals surface area (Å²) in [7, 11) is 0. The number of ether oxygens (including phenoxy) is 1. The van der Waals surface area contributed by atoms with Gasteiger partial charge in [-0.3, -0.25) is 14.4 Å². The van der Waals surface area contributed by atoms with Crippen LogP contribution in [-0.4, -0.2) is 30.6 Å². The summed E-state index contributed by atoms with van der Waals surface area (Å²) in [5.74, 6) is -5.61. The molecule has 4 nitrogen and oxygen atoms in total. The number of esters is 1. The number of carbonyl (C=O) groups excluding carboxylic acids is 3. The minimum absolute atomic E-state index is 0.0549. The Kier molecular flexibility index (Phi) is 14.2. The van der Waals surface area contributed by atoms with Crippen LogP contribution in [0.2, 0.25) is 0 Å². The Morgan fingerprint density at radius 2 is 1.28 bits per heavy atom. The molecule has 0 aromatic rings. The fourth-order valence-corrected chi connectivity index (χ4v) is 2.58. The summed E-state index contributed by atoms with van der Waals surface area (Å²) in [4.78, 5) is 34.6. The smallest absolute Gasteiger partial charge is 0.324 e. The molecule has 0 saturated carbocycles. The van der Waals surface area contributed by atoms with E-state index in [4.69, 9.17) is 4.74 Å². The summed E-state index contributed by atoms with van der Waals surface area (Å²) in [6, 6.07) is 0. The van der Waals surface area contributed by atoms with E-state index in [-0.39, 0.29) is 13.0 Å². The van der Waals surface area contributed by atoms with E-state index in [1.54, 1.807) is 0 Å². The molecule has 0 heterocycles. The number of unbranched alkanes of at least 4 members (excludes halogenated alkanes) is 9. The molecule has 0 aromatic carbocycles. The molecule has 0 aliphatic rings. The minimum atomic E-state index is -3.34. The molecule has 0 aliphatic carbocycles. The van der Waals surface area contributed by atoms with Crippen molar-refractivity contribution in [2.75, 3.05) is 6.61 Å². The number of hydrogen-bond acceptors (Lipinski definition) is 4. The summed E-state index contributed by atoms with van der Waals surface area (Å²) >= 11 is 0. The third-order valence-electron chi connectivity index (χ3n) is 4.15. The Labute approximate surface area is 149 Å². The molecule has 6 heteroatoms. The quantitative estimate of drug-likeness (QED) is 0.223. The molecule has 0 fully saturated rings. The average molecular weight is 362 g/mol. The highest BCUT2D eigenvalue weighted by Gasteiger charge is 2.38. The predicted octanol–water partition coefficient (Wildman–Crippen LogP) is 4.88. The lowest BCUT2D eigenvalue weighted by Crippen LogP contribution is -2.36. The summed E-state index contributed by atoms with van der Waals surface area (Å²) in [5.41, 5.74) is 0. The number of rotatable bonds is 16. The van der Waals surface area contributed by atoms with Crippen molar-refractivity contribution in [1.82, 2.24) is 0 Å². The van der Waals surface area contributed by atoms with E-state index in [0.717, 1.165) is 19.3 Å². The molecule has 1 unspecified atom stereocenters. The molecule has 0 rings (SSSR count). The number of ketones is 2. The maximum Gasteiger partial charge on any atom is 0.324 e. The monoisotopic (exact) mass is 362 g/mol. The van der Waals surface area contributed by atoms with Gasteiger partial charge in [-0.1, -0.05) is 71.6 Å². The van der Waals surface area contributed by atoms with Crippen LogP contribution in [0.5, 0.6) is 0 Å². The standard InChI is InChI=1S/C19H32F2O4/c1-3-5-6-7-8-9-10-11-12-13-14-25-19(24)16(15(22)4-2)17(23)18(20)21/h16,18H,3-14H2,1-2H3. The third kappa shape index (κ3) is 11.0. The number of alkyl halides is 2. The van der Waals surface area contributed by atoms with E-state index in [0.29, 0.717) is 6.42 Å². The molecule has 0 radical (unpaired) electrons. The van der Waals surface area contributed by atoms with E-state index >= 15 is 0 Å². The first-order valence-corrected chi connectivity index (χ1v) is 9.46. The van der Waals surface area contributed by atoms with E-state index in [1.807, 2.05) is 0 Å². The van der Waals surface area contributed by atoms with Gasteiger partial charge in [0.15, 0.2) is 11.7 Å². The fourth-order valence-electron chi connectivity index (χ4n) is 2.58. The van der Waals surface area contributed by atoms with Gasteiger partial charge in [-0.2, -0.15) is 0 Å². The molecular formula is C19H32F2O4. The summed E-state index contributed by atoms with van der Waals surface area (Å²) in [6.07, 6.45) is 7.67. The molecule has 0 N–H and O–H groups in total. The van der Waals surface area contributed by atoms with Gasteiger partial charge in [0, 0.05) is 6.42 Å². The lowest BCUT2D eigenvalue weighted by Gasteiger charge is -2.13. The van der Waals surface area contributed by atoms with Crippen LogP contribution in [0.3, 0.4) is 0 Å². The second-order valence-electron chi connectivity index (χ2n) is 6.31. The van der Waals surface area contributed by atoms with Crippen LogP contribution in [-0.2, 0) is 19.1 Å². The molecule has 25 heavy (non-hydrogen) atoms. The first-order chi connectivity index (χ1) is 12.0. The van der Waals surface area contributed by atoms with Gasteiger partial charge < -0.3 is 4.74 Å². The van der Waals surface area contributed by atoms with Crippen LogP contribution in [0, 0.1) is 5.92 Å². The fraction of sp³-hybridized carbons (Fsp3) is 0.842. The van der Waals surface area contributed by atoms with Crippen LogP contribution < -0.4 is 0 Å². The molecule has 0 aliphatic heterocycles. The number of Topliss-reactive ketones (excluding diaryl/α,β-unsaturated/α-hetero) is 2. The normalized spacial score (nSPS) is 12.2. The van der Waals surface area contributed by atoms with Crippen LogP contribution >= 0.6 is 0 Å². The molecular weight excluding hydrogens is 330 g/mol. The van der Waals surface area contributed by atoms with Crippen molar-refractivity contribution < 1.29 is 27.9 Å². The number of halogens is 2. The maximum absolute atomic E-state index is 12.5. The van der Waals surface area contributed by atoms with Gasteiger partial charge >= 0.3 is 5.97 Å². The Hall–Kier alpha value is -1.33. The van der Waals surface area contributed by atoms with Crippen LogP contribution in [0.4, 0.5) is 8.78 Å². The van der Waals surface area contributed by atoms with Gasteiger partial charge in [0.25, 0.3) is 6.43 Å². The highest BCUT2D eigenvalue weighted by Crippen LogP contribution is 2.14. The van der Waals surface area contributed by atoms with Crippen LogP contribution in [0.15, 0.2) is 0 Å². The molecule has 146 valence electrons. The van der Waals surface area contributed by atoms with Crippen molar-refractivity contribution in [3.05, 3.63) is 0 Å². The second kappa shape index (κ2) is 15.0. The Morgan fingerprint density at radius 1 is 0.800 bits per heavy atom. The SMILES string of the molecule is CCCCCCCCCCCCOC(=O)C(C(=O)CC)C(=O)C(F)F. The third-order valence-corrected chi connectivity index (χ3v) is 4.15. The zero-order valence-corrected chi connectivity index (χ0v) is 15.5. The summed E-state index contributed by atoms with van der Waals surface area (Å²) < 4.78 is 29.8. The van der Waals surface area contributed by atoms with Crippen molar-refractivity contribution in [3.63, 3.8) is 0 Å². The first-order valence-electron chi connectivity index (χ1n) is 9.46. The molecule has 0 bridgehead atoms. The minimum Gasteiger partial charge on any atom is -0.465 e. The van der Waals surface area contributed by atoms with Crippen molar-refractivity contribution in [2.24, 2.45) is 5.92 Å². The van der Waals surface area contributed by atoms with Gasteiger partial charge in [-0.05, 0) is 6.42 Å². The molecule has 0 spiro atoms. The van der Waals surface area contributed by atoms with Gasteiger partial charge in [0.1, 0.15) is 0 Å². The van der Waals surface area contributed by atoms with Crippen LogP contribution in [0.25, 0.3) is 0 Å². The highest BCUT2D eigenvalue weighted by atomic mass is 19.3. The lowest BCUT2D eigenvalue weighted by molar-refractivity contribution is -0.158. The topological polar surface area (TPSA) is 60.4 Å². The van der Waals surface area contributed by atoms with Crippen molar-refractivity contribution in [1.29, 1.82) is 0 Å². The Morgan fingerprint density at radius 3 is 1.72 bits per heavy atom. The largest absolute Gasteiger partial charge is 0.465 e. The number of carbonyl (C=O) groups is 3.